The third-order valence-corrected chi connectivity index (χ3v) is 19.2. The van der Waals surface area contributed by atoms with E-state index < -0.39 is 91.5 Å². The minimum atomic E-state index is -4.94. The number of allylic oxidation sites excluding steroid dienone is 22. The van der Waals surface area contributed by atoms with Crippen LogP contribution in [-0.4, -0.2) is 95.9 Å². The van der Waals surface area contributed by atoms with Crippen LogP contribution in [0.4, 0.5) is 0 Å². The minimum absolute atomic E-state index is 0.0784. The maximum atomic E-state index is 13.0. The number of rotatable bonds is 78. The number of hydrogen-bond acceptors (Lipinski definition) is 14. The lowest BCUT2D eigenvalue weighted by Crippen LogP contribution is -2.30. The highest BCUT2D eigenvalue weighted by molar-refractivity contribution is 7.47. The summed E-state index contributed by atoms with van der Waals surface area (Å²) in [5.41, 5.74) is 0. The number of hydrogen-bond donors (Lipinski definition) is 4. The zero-order chi connectivity index (χ0) is 76.6. The van der Waals surface area contributed by atoms with Gasteiger partial charge in [0.25, 0.3) is 0 Å². The largest absolute Gasteiger partial charge is 0.472 e. The average molecular weight is 1510 g/mol. The van der Waals surface area contributed by atoms with E-state index >= 15 is 0 Å². The lowest BCUT2D eigenvalue weighted by Gasteiger charge is -2.21. The van der Waals surface area contributed by atoms with Gasteiger partial charge in [0.1, 0.15) is 25.4 Å². The molecular formula is C87H150O16P2. The number of phosphoric ester groups is 2. The molecule has 0 aliphatic heterocycles. The molecule has 0 heterocycles. The molecular weight excluding hydrogens is 1360 g/mol. The van der Waals surface area contributed by atoms with E-state index in [4.69, 9.17) is 32.3 Å². The number of ether oxygens (including phenoxy) is 3. The smallest absolute Gasteiger partial charge is 0.463 e. The molecule has 0 aromatic rings. The van der Waals surface area contributed by atoms with Crippen LogP contribution in [0, 0.1) is 0 Å². The second kappa shape index (κ2) is 79.2. The summed E-state index contributed by atoms with van der Waals surface area (Å²) in [6.07, 6.45) is 96.7. The fourth-order valence-electron chi connectivity index (χ4n) is 11.0. The molecule has 105 heavy (non-hydrogen) atoms. The molecule has 5 atom stereocenters. The Bertz CT molecular complexity index is 2440. The Kier molecular flexibility index (Phi) is 76.0. The summed E-state index contributed by atoms with van der Waals surface area (Å²) in [7, 11) is -9.81. The Balaban J connectivity index is 4.42. The number of esters is 3. The minimum Gasteiger partial charge on any atom is -0.463 e. The van der Waals surface area contributed by atoms with Gasteiger partial charge in [0.05, 0.1) is 26.4 Å². The van der Waals surface area contributed by atoms with Crippen LogP contribution in [0.5, 0.6) is 0 Å². The number of phosphoric acid groups is 2. The van der Waals surface area contributed by atoms with E-state index in [1.165, 1.54) is 148 Å². The Morgan fingerprint density at radius 1 is 0.276 bits per heavy atom. The van der Waals surface area contributed by atoms with E-state index in [9.17, 15) is 43.5 Å². The molecule has 0 spiro atoms. The predicted molar refractivity (Wildman–Crippen MR) is 436 cm³/mol. The van der Waals surface area contributed by atoms with Gasteiger partial charge in [0.15, 0.2) is 6.10 Å². The molecule has 0 bridgehead atoms. The number of aliphatic hydroxyl groups is 2. The van der Waals surface area contributed by atoms with Crippen molar-refractivity contribution in [3.05, 3.63) is 134 Å². The van der Waals surface area contributed by atoms with E-state index in [0.717, 1.165) is 135 Å². The van der Waals surface area contributed by atoms with Crippen molar-refractivity contribution in [2.45, 2.75) is 360 Å². The van der Waals surface area contributed by atoms with Crippen LogP contribution in [0.15, 0.2) is 134 Å². The first-order chi connectivity index (χ1) is 51.2. The maximum Gasteiger partial charge on any atom is 0.472 e. The van der Waals surface area contributed by atoms with Gasteiger partial charge in [-0.05, 0) is 141 Å². The van der Waals surface area contributed by atoms with Gasteiger partial charge in [0, 0.05) is 19.3 Å². The van der Waals surface area contributed by atoms with Gasteiger partial charge in [-0.15, -0.1) is 0 Å². The molecule has 0 aromatic heterocycles. The summed E-state index contributed by atoms with van der Waals surface area (Å²) in [6, 6.07) is 0. The van der Waals surface area contributed by atoms with Crippen molar-refractivity contribution < 1.29 is 75.8 Å². The summed E-state index contributed by atoms with van der Waals surface area (Å²) in [6.45, 7) is 2.47. The first-order valence-corrected chi connectivity index (χ1v) is 44.5. The molecule has 0 aliphatic rings. The van der Waals surface area contributed by atoms with Crippen LogP contribution in [-0.2, 0) is 55.8 Å². The van der Waals surface area contributed by atoms with Crippen LogP contribution in [0.1, 0.15) is 342 Å². The van der Waals surface area contributed by atoms with E-state index in [1.807, 2.05) is 0 Å². The van der Waals surface area contributed by atoms with Crippen LogP contribution >= 0.6 is 15.6 Å². The van der Waals surface area contributed by atoms with Crippen LogP contribution in [0.25, 0.3) is 0 Å². The van der Waals surface area contributed by atoms with Crippen molar-refractivity contribution in [3.63, 3.8) is 0 Å². The Hall–Kier alpha value is -4.31. The monoisotopic (exact) mass is 1510 g/mol. The standard InChI is InChI=1S/C87H150O16P2/c1-4-7-10-13-16-19-22-25-28-30-32-33-34-35-36-37-38-39-40-41-42-43-44-45-46-47-49-51-53-55-58-61-64-67-70-73-85(90)97-76-82(88)77-99-104(93,94)100-78-83(89)79-101-105(95,96)102-81-84(103-87(92)75-72-69-66-63-60-57-52-27-24-21-18-15-12-9-6-3)80-98-86(91)74-71-68-65-62-59-56-54-50-48-31-29-26-23-20-17-14-11-8-5-2/h8,11,16-21,25-29,32-33,35-36,48,50,52,56,59,82-84,88-89H,4-7,9-10,12-15,22-24,30-31,34,37-47,49,51,53-55,57-58,60-81H2,1-3H3,(H,93,94)(H,95,96)/b11-8-,19-16-,20-17-,21-18-,28-25-,29-26-,33-32-,36-35-,50-48-,52-27-,59-56-. The number of aliphatic hydroxyl groups excluding tert-OH is 2. The van der Waals surface area contributed by atoms with Crippen molar-refractivity contribution in [3.8, 4) is 0 Å². The Labute approximate surface area is 639 Å². The quantitative estimate of drug-likeness (QED) is 0.0146. The van der Waals surface area contributed by atoms with Crippen molar-refractivity contribution in [1.29, 1.82) is 0 Å². The van der Waals surface area contributed by atoms with Gasteiger partial charge in [-0.3, -0.25) is 32.5 Å². The molecule has 604 valence electrons. The van der Waals surface area contributed by atoms with E-state index in [0.29, 0.717) is 19.3 Å². The first-order valence-electron chi connectivity index (χ1n) is 41.5. The molecule has 0 fully saturated rings. The summed E-state index contributed by atoms with van der Waals surface area (Å²) >= 11 is 0. The van der Waals surface area contributed by atoms with E-state index in [1.54, 1.807) is 0 Å². The lowest BCUT2D eigenvalue weighted by atomic mass is 10.0. The predicted octanol–water partition coefficient (Wildman–Crippen LogP) is 24.7. The molecule has 16 nitrogen and oxygen atoms in total. The Morgan fingerprint density at radius 3 is 0.810 bits per heavy atom. The van der Waals surface area contributed by atoms with E-state index in [2.05, 4.69) is 154 Å². The zero-order valence-corrected chi connectivity index (χ0v) is 67.9. The topological polar surface area (TPSA) is 231 Å². The highest BCUT2D eigenvalue weighted by Gasteiger charge is 2.29. The molecule has 0 amide bonds. The number of unbranched alkanes of at least 4 members (excludes halogenated alkanes) is 33. The molecule has 0 radical (unpaired) electrons. The van der Waals surface area contributed by atoms with Crippen LogP contribution in [0.2, 0.25) is 0 Å². The van der Waals surface area contributed by atoms with E-state index in [-0.39, 0.29) is 19.3 Å². The average Bonchev–Trinajstić information content (AvgIpc) is 0.913. The van der Waals surface area contributed by atoms with Gasteiger partial charge in [0.2, 0.25) is 0 Å². The van der Waals surface area contributed by atoms with Gasteiger partial charge < -0.3 is 34.2 Å². The summed E-state index contributed by atoms with van der Waals surface area (Å²) < 4.78 is 61.1. The molecule has 4 N–H and O–H groups in total. The maximum absolute atomic E-state index is 13.0. The molecule has 18 heteroatoms. The third kappa shape index (κ3) is 80.5. The molecule has 0 saturated heterocycles. The summed E-state index contributed by atoms with van der Waals surface area (Å²) in [5.74, 6) is -1.62. The fraction of sp³-hybridized carbons (Fsp3) is 0.713. The molecule has 0 aliphatic carbocycles. The second-order valence-corrected chi connectivity index (χ2v) is 30.4. The highest BCUT2D eigenvalue weighted by atomic mass is 31.2. The molecule has 0 rings (SSSR count). The number of carbonyl (C=O) groups excluding carboxylic acids is 3. The fourth-order valence-corrected chi connectivity index (χ4v) is 12.6. The zero-order valence-electron chi connectivity index (χ0n) is 66.1. The van der Waals surface area contributed by atoms with Gasteiger partial charge in [-0.1, -0.05) is 315 Å². The number of carbonyl (C=O) groups is 3. The second-order valence-electron chi connectivity index (χ2n) is 27.5. The molecule has 0 aromatic carbocycles. The van der Waals surface area contributed by atoms with Crippen molar-refractivity contribution >= 4 is 33.6 Å². The molecule has 5 unspecified atom stereocenters. The van der Waals surface area contributed by atoms with Crippen molar-refractivity contribution in [1.82, 2.24) is 0 Å². The van der Waals surface area contributed by atoms with Crippen molar-refractivity contribution in [2.75, 3.05) is 39.6 Å². The SMILES string of the molecule is CC/C=C\C/C=C\C/C=C\C/C=C\C/C=C\CCCCCC(=O)OCC(COP(=O)(O)OCC(O)COP(=O)(O)OCC(O)COC(=O)CCCCCCCCCCCCCCCCCCCCC/C=C\C/C=C\C/C=C\C/C=C\CCCCC)OC(=O)CCCCCCC/C=C\C/C=C\CCCCC. The molecule has 0 saturated carbocycles. The normalized spacial score (nSPS) is 14.6. The summed E-state index contributed by atoms with van der Waals surface area (Å²) in [4.78, 5) is 58.6. The van der Waals surface area contributed by atoms with Gasteiger partial charge >= 0.3 is 33.6 Å². The lowest BCUT2D eigenvalue weighted by molar-refractivity contribution is -0.161. The van der Waals surface area contributed by atoms with Gasteiger partial charge in [-0.25, -0.2) is 9.13 Å². The van der Waals surface area contributed by atoms with Crippen LogP contribution in [0.3, 0.4) is 0 Å². The van der Waals surface area contributed by atoms with Crippen molar-refractivity contribution in [2.24, 2.45) is 0 Å². The Morgan fingerprint density at radius 2 is 0.505 bits per heavy atom. The van der Waals surface area contributed by atoms with Crippen LogP contribution < -0.4 is 0 Å². The highest BCUT2D eigenvalue weighted by Crippen LogP contribution is 2.45. The third-order valence-electron chi connectivity index (χ3n) is 17.3. The van der Waals surface area contributed by atoms with Gasteiger partial charge in [-0.2, -0.15) is 0 Å². The summed E-state index contributed by atoms with van der Waals surface area (Å²) in [5, 5.41) is 20.7. The first kappa shape index (κ1) is 101.